The fourth-order valence-electron chi connectivity index (χ4n) is 1.89. The average molecular weight is 258 g/mol. The van der Waals surface area contributed by atoms with E-state index in [0.717, 1.165) is 26.2 Å². The molecule has 0 amide bonds. The van der Waals surface area contributed by atoms with Crippen LogP contribution in [0.3, 0.4) is 0 Å². The molecule has 0 saturated heterocycles. The maximum Gasteiger partial charge on any atom is 0.0659 e. The summed E-state index contributed by atoms with van der Waals surface area (Å²) in [5.41, 5.74) is 2.51. The molecule has 19 heavy (non-hydrogen) atoms. The summed E-state index contributed by atoms with van der Waals surface area (Å²) in [6, 6.07) is 10.4. The first-order chi connectivity index (χ1) is 9.24. The molecule has 4 heteroatoms. The monoisotopic (exact) mass is 258 g/mol. The van der Waals surface area contributed by atoms with Crippen LogP contribution < -0.4 is 5.32 Å². The van der Waals surface area contributed by atoms with Gasteiger partial charge in [0, 0.05) is 31.4 Å². The Morgan fingerprint density at radius 3 is 2.68 bits per heavy atom. The molecule has 1 N–H and O–H groups in total. The van der Waals surface area contributed by atoms with Crippen molar-refractivity contribution in [1.29, 1.82) is 0 Å². The van der Waals surface area contributed by atoms with Crippen LogP contribution in [-0.4, -0.2) is 41.9 Å². The van der Waals surface area contributed by atoms with E-state index >= 15 is 0 Å². The second-order valence-corrected chi connectivity index (χ2v) is 5.01. The van der Waals surface area contributed by atoms with E-state index in [-0.39, 0.29) is 0 Å². The second kappa shape index (κ2) is 7.07. The molecular formula is C15H22N4. The van der Waals surface area contributed by atoms with Crippen molar-refractivity contribution in [1.82, 2.24) is 20.0 Å². The van der Waals surface area contributed by atoms with Gasteiger partial charge in [-0.25, -0.2) is 0 Å². The first-order valence-electron chi connectivity index (χ1n) is 6.65. The topological polar surface area (TPSA) is 33.1 Å². The zero-order valence-corrected chi connectivity index (χ0v) is 11.7. The Balaban J connectivity index is 1.79. The minimum atomic E-state index is 0.832. The fraction of sp³-hybridized carbons (Fsp3) is 0.400. The SMILES string of the molecule is CN(C)CCNCc1cnn(Cc2ccccc2)c1. The fourth-order valence-corrected chi connectivity index (χ4v) is 1.89. The number of rotatable bonds is 7. The number of nitrogens with zero attached hydrogens (tertiary/aromatic N) is 3. The van der Waals surface area contributed by atoms with Crippen molar-refractivity contribution < 1.29 is 0 Å². The van der Waals surface area contributed by atoms with Crippen LogP contribution in [0.25, 0.3) is 0 Å². The lowest BCUT2D eigenvalue weighted by atomic mass is 10.2. The van der Waals surface area contributed by atoms with Crippen molar-refractivity contribution in [3.8, 4) is 0 Å². The number of hydrogen-bond acceptors (Lipinski definition) is 3. The van der Waals surface area contributed by atoms with Gasteiger partial charge in [-0.1, -0.05) is 30.3 Å². The molecule has 102 valence electrons. The van der Waals surface area contributed by atoms with Crippen molar-refractivity contribution in [2.45, 2.75) is 13.1 Å². The van der Waals surface area contributed by atoms with Crippen molar-refractivity contribution in [3.05, 3.63) is 53.9 Å². The maximum atomic E-state index is 4.39. The average Bonchev–Trinajstić information content (AvgIpc) is 2.83. The number of aromatic nitrogens is 2. The Morgan fingerprint density at radius 2 is 1.95 bits per heavy atom. The third-order valence-electron chi connectivity index (χ3n) is 2.94. The Labute approximate surface area is 115 Å². The van der Waals surface area contributed by atoms with Gasteiger partial charge in [-0.2, -0.15) is 5.10 Å². The molecule has 0 aliphatic heterocycles. The van der Waals surface area contributed by atoms with E-state index < -0.39 is 0 Å². The molecule has 0 radical (unpaired) electrons. The molecule has 0 atom stereocenters. The normalized spacial score (nSPS) is 11.1. The van der Waals surface area contributed by atoms with Gasteiger partial charge < -0.3 is 10.2 Å². The van der Waals surface area contributed by atoms with E-state index in [1.54, 1.807) is 0 Å². The third-order valence-corrected chi connectivity index (χ3v) is 2.94. The molecule has 0 aliphatic rings. The first kappa shape index (κ1) is 13.8. The predicted molar refractivity (Wildman–Crippen MR) is 78.0 cm³/mol. The predicted octanol–water partition coefficient (Wildman–Crippen LogP) is 1.58. The summed E-state index contributed by atoms with van der Waals surface area (Å²) < 4.78 is 1.98. The van der Waals surface area contributed by atoms with Gasteiger partial charge in [-0.15, -0.1) is 0 Å². The Morgan fingerprint density at radius 1 is 1.16 bits per heavy atom. The summed E-state index contributed by atoms with van der Waals surface area (Å²) in [5, 5.41) is 7.81. The van der Waals surface area contributed by atoms with Crippen LogP contribution in [0.5, 0.6) is 0 Å². The molecule has 0 saturated carbocycles. The highest BCUT2D eigenvalue weighted by atomic mass is 15.3. The summed E-state index contributed by atoms with van der Waals surface area (Å²) in [6.07, 6.45) is 4.04. The second-order valence-electron chi connectivity index (χ2n) is 5.01. The molecule has 1 aromatic heterocycles. The highest BCUT2D eigenvalue weighted by molar-refractivity contribution is 5.15. The summed E-state index contributed by atoms with van der Waals surface area (Å²) in [4.78, 5) is 2.17. The lowest BCUT2D eigenvalue weighted by Gasteiger charge is -2.09. The van der Waals surface area contributed by atoms with Crippen LogP contribution >= 0.6 is 0 Å². The van der Waals surface area contributed by atoms with E-state index in [4.69, 9.17) is 0 Å². The summed E-state index contributed by atoms with van der Waals surface area (Å²) in [7, 11) is 4.17. The molecule has 1 heterocycles. The van der Waals surface area contributed by atoms with E-state index in [0.29, 0.717) is 0 Å². The van der Waals surface area contributed by atoms with E-state index in [9.17, 15) is 0 Å². The molecule has 0 fully saturated rings. The van der Waals surface area contributed by atoms with E-state index in [2.05, 4.69) is 59.9 Å². The van der Waals surface area contributed by atoms with Crippen LogP contribution in [0.1, 0.15) is 11.1 Å². The largest absolute Gasteiger partial charge is 0.311 e. The minimum absolute atomic E-state index is 0.832. The highest BCUT2D eigenvalue weighted by Gasteiger charge is 1.99. The number of nitrogens with one attached hydrogen (secondary N) is 1. The minimum Gasteiger partial charge on any atom is -0.311 e. The van der Waals surface area contributed by atoms with Crippen molar-refractivity contribution in [3.63, 3.8) is 0 Å². The lowest BCUT2D eigenvalue weighted by Crippen LogP contribution is -2.26. The molecular weight excluding hydrogens is 236 g/mol. The van der Waals surface area contributed by atoms with Gasteiger partial charge in [0.2, 0.25) is 0 Å². The molecule has 0 spiro atoms. The lowest BCUT2D eigenvalue weighted by molar-refractivity contribution is 0.400. The molecule has 4 nitrogen and oxygen atoms in total. The number of hydrogen-bond donors (Lipinski definition) is 1. The number of benzene rings is 1. The quantitative estimate of drug-likeness (QED) is 0.766. The van der Waals surface area contributed by atoms with Crippen molar-refractivity contribution >= 4 is 0 Å². The Kier molecular flexibility index (Phi) is 5.12. The molecule has 2 rings (SSSR count). The van der Waals surface area contributed by atoms with Gasteiger partial charge in [0.1, 0.15) is 0 Å². The van der Waals surface area contributed by atoms with Crippen molar-refractivity contribution in [2.75, 3.05) is 27.2 Å². The van der Waals surface area contributed by atoms with Gasteiger partial charge in [0.25, 0.3) is 0 Å². The van der Waals surface area contributed by atoms with Gasteiger partial charge in [0.05, 0.1) is 12.7 Å². The summed E-state index contributed by atoms with van der Waals surface area (Å²) in [6.45, 7) is 3.76. The van der Waals surface area contributed by atoms with E-state index in [1.807, 2.05) is 16.9 Å². The molecule has 1 aromatic carbocycles. The van der Waals surface area contributed by atoms with Crippen LogP contribution in [0.15, 0.2) is 42.7 Å². The Hall–Kier alpha value is -1.65. The molecule has 0 bridgehead atoms. The summed E-state index contributed by atoms with van der Waals surface area (Å²) in [5.74, 6) is 0. The van der Waals surface area contributed by atoms with Crippen molar-refractivity contribution in [2.24, 2.45) is 0 Å². The Bertz CT molecular complexity index is 476. The van der Waals surface area contributed by atoms with Crippen LogP contribution in [0.4, 0.5) is 0 Å². The zero-order chi connectivity index (χ0) is 13.5. The van der Waals surface area contributed by atoms with E-state index in [1.165, 1.54) is 11.1 Å². The van der Waals surface area contributed by atoms with Gasteiger partial charge in [-0.05, 0) is 19.7 Å². The van der Waals surface area contributed by atoms with Gasteiger partial charge >= 0.3 is 0 Å². The summed E-state index contributed by atoms with van der Waals surface area (Å²) >= 11 is 0. The van der Waals surface area contributed by atoms with Crippen LogP contribution in [0, 0.1) is 0 Å². The van der Waals surface area contributed by atoms with Crippen LogP contribution in [0.2, 0.25) is 0 Å². The highest BCUT2D eigenvalue weighted by Crippen LogP contribution is 2.03. The smallest absolute Gasteiger partial charge is 0.0659 e. The van der Waals surface area contributed by atoms with Gasteiger partial charge in [0.15, 0.2) is 0 Å². The third kappa shape index (κ3) is 4.85. The maximum absolute atomic E-state index is 4.39. The molecule has 0 aliphatic carbocycles. The standard InChI is InChI=1S/C15H22N4/c1-18(2)9-8-16-10-15-11-17-19(13-15)12-14-6-4-3-5-7-14/h3-7,11,13,16H,8-10,12H2,1-2H3. The molecule has 2 aromatic rings. The van der Waals surface area contributed by atoms with Crippen LogP contribution in [-0.2, 0) is 13.1 Å². The zero-order valence-electron chi connectivity index (χ0n) is 11.7. The number of likely N-dealkylation sites (N-methyl/N-ethyl adjacent to an activating group) is 1. The van der Waals surface area contributed by atoms with Gasteiger partial charge in [-0.3, -0.25) is 4.68 Å². The molecule has 0 unspecified atom stereocenters. The first-order valence-corrected chi connectivity index (χ1v) is 6.65.